The number of piperidine rings is 1. The van der Waals surface area contributed by atoms with Crippen molar-refractivity contribution in [2.75, 3.05) is 33.4 Å². The number of nitrogens with zero attached hydrogens (tertiary/aromatic N) is 2. The highest BCUT2D eigenvalue weighted by Crippen LogP contribution is 2.07. The third-order valence-electron chi connectivity index (χ3n) is 2.40. The van der Waals surface area contributed by atoms with Gasteiger partial charge in [-0.15, -0.1) is 0 Å². The maximum absolute atomic E-state index is 9.48. The van der Waals surface area contributed by atoms with Crippen molar-refractivity contribution >= 4 is 5.71 Å². The van der Waals surface area contributed by atoms with Crippen LogP contribution in [0.5, 0.6) is 0 Å². The van der Waals surface area contributed by atoms with Crippen molar-refractivity contribution in [3.63, 3.8) is 0 Å². The molecule has 2 N–H and O–H groups in total. The van der Waals surface area contributed by atoms with Crippen molar-refractivity contribution in [3.05, 3.63) is 0 Å². The van der Waals surface area contributed by atoms with Crippen LogP contribution in [0, 0.1) is 0 Å². The van der Waals surface area contributed by atoms with Gasteiger partial charge in [-0.3, -0.25) is 4.90 Å². The van der Waals surface area contributed by atoms with Gasteiger partial charge in [-0.2, -0.15) is 0 Å². The van der Waals surface area contributed by atoms with Gasteiger partial charge in [0.1, 0.15) is 0 Å². The van der Waals surface area contributed by atoms with Gasteiger partial charge in [-0.05, 0) is 0 Å². The number of oxime groups is 1. The number of aliphatic hydroxyl groups excluding tert-OH is 1. The minimum Gasteiger partial charge on any atom is -0.411 e. The summed E-state index contributed by atoms with van der Waals surface area (Å²) in [6.07, 6.45) is 1.15. The number of ether oxygens (including phenoxy) is 1. The Labute approximate surface area is 84.0 Å². The highest BCUT2D eigenvalue weighted by atomic mass is 16.5. The summed E-state index contributed by atoms with van der Waals surface area (Å²) in [4.78, 5) is 2.15. The van der Waals surface area contributed by atoms with Crippen LogP contribution in [0.3, 0.4) is 0 Å². The maximum atomic E-state index is 9.48. The van der Waals surface area contributed by atoms with Crippen molar-refractivity contribution in [1.82, 2.24) is 4.90 Å². The highest BCUT2D eigenvalue weighted by Gasteiger charge is 2.17. The zero-order valence-electron chi connectivity index (χ0n) is 8.52. The van der Waals surface area contributed by atoms with Crippen molar-refractivity contribution in [1.29, 1.82) is 0 Å². The van der Waals surface area contributed by atoms with Crippen LogP contribution in [0.25, 0.3) is 0 Å². The molecule has 0 radical (unpaired) electrons. The second-order valence-electron chi connectivity index (χ2n) is 3.58. The van der Waals surface area contributed by atoms with Crippen LogP contribution in [0.1, 0.15) is 12.8 Å². The van der Waals surface area contributed by atoms with Crippen LogP contribution < -0.4 is 0 Å². The maximum Gasteiger partial charge on any atom is 0.0900 e. The van der Waals surface area contributed by atoms with E-state index in [1.807, 2.05) is 0 Å². The topological polar surface area (TPSA) is 65.3 Å². The summed E-state index contributed by atoms with van der Waals surface area (Å²) in [7, 11) is 1.58. The summed E-state index contributed by atoms with van der Waals surface area (Å²) in [6, 6.07) is 0. The van der Waals surface area contributed by atoms with Crippen molar-refractivity contribution in [2.24, 2.45) is 5.16 Å². The molecule has 0 aliphatic carbocycles. The second kappa shape index (κ2) is 5.95. The first kappa shape index (κ1) is 11.4. The average molecular weight is 202 g/mol. The van der Waals surface area contributed by atoms with Gasteiger partial charge in [0.15, 0.2) is 0 Å². The zero-order valence-corrected chi connectivity index (χ0v) is 8.52. The number of hydrogen-bond acceptors (Lipinski definition) is 5. The first-order chi connectivity index (χ1) is 6.76. The Morgan fingerprint density at radius 2 is 2.14 bits per heavy atom. The van der Waals surface area contributed by atoms with E-state index in [9.17, 15) is 5.11 Å². The van der Waals surface area contributed by atoms with Crippen LogP contribution in [0.2, 0.25) is 0 Å². The number of likely N-dealkylation sites (tertiary alicyclic amines) is 1. The average Bonchev–Trinajstić information content (AvgIpc) is 2.19. The summed E-state index contributed by atoms with van der Waals surface area (Å²) in [5.74, 6) is 0. The number of aliphatic hydroxyl groups is 1. The molecule has 1 aliphatic rings. The van der Waals surface area contributed by atoms with Crippen molar-refractivity contribution < 1.29 is 15.1 Å². The molecular weight excluding hydrogens is 184 g/mol. The van der Waals surface area contributed by atoms with Gasteiger partial charge in [-0.25, -0.2) is 0 Å². The molecule has 14 heavy (non-hydrogen) atoms. The summed E-state index contributed by atoms with van der Waals surface area (Å²) in [5.41, 5.74) is 0.850. The molecule has 82 valence electrons. The molecule has 0 amide bonds. The van der Waals surface area contributed by atoms with E-state index < -0.39 is 6.10 Å². The van der Waals surface area contributed by atoms with Gasteiger partial charge in [0.25, 0.3) is 0 Å². The predicted molar refractivity (Wildman–Crippen MR) is 52.8 cm³/mol. The van der Waals surface area contributed by atoms with Gasteiger partial charge >= 0.3 is 0 Å². The Bertz CT molecular complexity index is 186. The molecule has 0 aromatic heterocycles. The van der Waals surface area contributed by atoms with Crippen LogP contribution in [0.4, 0.5) is 0 Å². The van der Waals surface area contributed by atoms with Crippen LogP contribution >= 0.6 is 0 Å². The van der Waals surface area contributed by atoms with E-state index in [4.69, 9.17) is 9.94 Å². The van der Waals surface area contributed by atoms with E-state index in [2.05, 4.69) is 10.1 Å². The Balaban J connectivity index is 2.21. The molecule has 0 bridgehead atoms. The fourth-order valence-electron chi connectivity index (χ4n) is 1.64. The lowest BCUT2D eigenvalue weighted by atomic mass is 10.1. The fraction of sp³-hybridized carbons (Fsp3) is 0.889. The largest absolute Gasteiger partial charge is 0.411 e. The third kappa shape index (κ3) is 3.61. The number of rotatable bonds is 4. The zero-order chi connectivity index (χ0) is 10.4. The first-order valence-corrected chi connectivity index (χ1v) is 4.85. The van der Waals surface area contributed by atoms with E-state index in [-0.39, 0.29) is 0 Å². The molecule has 1 rings (SSSR count). The summed E-state index contributed by atoms with van der Waals surface area (Å²) in [6.45, 7) is 2.70. The molecule has 0 aromatic carbocycles. The fourth-order valence-corrected chi connectivity index (χ4v) is 1.64. The van der Waals surface area contributed by atoms with Crippen LogP contribution in [0.15, 0.2) is 5.16 Å². The lowest BCUT2D eigenvalue weighted by Gasteiger charge is -2.28. The standard InChI is InChI=1S/C9H18N2O3/c1-14-7-9(12)6-11-4-2-8(10-13)3-5-11/h9,12-13H,2-7H2,1H3. The molecule has 0 aromatic rings. The molecule has 1 heterocycles. The lowest BCUT2D eigenvalue weighted by Crippen LogP contribution is -2.40. The van der Waals surface area contributed by atoms with Gasteiger partial charge in [-0.1, -0.05) is 5.16 Å². The Morgan fingerprint density at radius 1 is 1.50 bits per heavy atom. The van der Waals surface area contributed by atoms with Crippen LogP contribution in [-0.4, -0.2) is 60.4 Å². The third-order valence-corrected chi connectivity index (χ3v) is 2.40. The Hall–Kier alpha value is -0.650. The van der Waals surface area contributed by atoms with E-state index in [1.165, 1.54) is 0 Å². The molecule has 0 saturated carbocycles. The number of hydrogen-bond donors (Lipinski definition) is 2. The Morgan fingerprint density at radius 3 is 2.64 bits per heavy atom. The van der Waals surface area contributed by atoms with Crippen molar-refractivity contribution in [3.8, 4) is 0 Å². The molecular formula is C9H18N2O3. The normalized spacial score (nSPS) is 20.9. The van der Waals surface area contributed by atoms with Gasteiger partial charge in [0.05, 0.1) is 18.4 Å². The van der Waals surface area contributed by atoms with E-state index in [1.54, 1.807) is 7.11 Å². The minimum atomic E-state index is -0.424. The van der Waals surface area contributed by atoms with Gasteiger partial charge in [0.2, 0.25) is 0 Å². The van der Waals surface area contributed by atoms with Gasteiger partial charge in [0, 0.05) is 39.6 Å². The summed E-state index contributed by atoms with van der Waals surface area (Å²) in [5, 5.41) is 21.2. The summed E-state index contributed by atoms with van der Waals surface area (Å²) >= 11 is 0. The molecule has 1 unspecified atom stereocenters. The molecule has 1 fully saturated rings. The first-order valence-electron chi connectivity index (χ1n) is 4.85. The highest BCUT2D eigenvalue weighted by molar-refractivity contribution is 5.84. The molecule has 5 nitrogen and oxygen atoms in total. The molecule has 0 spiro atoms. The van der Waals surface area contributed by atoms with E-state index in [0.29, 0.717) is 13.2 Å². The Kier molecular flexibility index (Phi) is 4.86. The van der Waals surface area contributed by atoms with E-state index in [0.717, 1.165) is 31.6 Å². The second-order valence-corrected chi connectivity index (χ2v) is 3.58. The number of β-amino-alcohol motifs (C(OH)–C–C–N with tert-alkyl or cyclic N) is 1. The predicted octanol–water partition coefficient (Wildman–Crippen LogP) is -0.0803. The summed E-state index contributed by atoms with van der Waals surface area (Å²) < 4.78 is 4.85. The smallest absolute Gasteiger partial charge is 0.0900 e. The van der Waals surface area contributed by atoms with E-state index >= 15 is 0 Å². The quantitative estimate of drug-likeness (QED) is 0.494. The molecule has 1 saturated heterocycles. The van der Waals surface area contributed by atoms with Crippen molar-refractivity contribution in [2.45, 2.75) is 18.9 Å². The molecule has 5 heteroatoms. The van der Waals surface area contributed by atoms with Crippen LogP contribution in [-0.2, 0) is 4.74 Å². The SMILES string of the molecule is COCC(O)CN1CCC(=NO)CC1. The lowest BCUT2D eigenvalue weighted by molar-refractivity contribution is 0.0374. The molecule has 1 aliphatic heterocycles. The monoisotopic (exact) mass is 202 g/mol. The minimum absolute atomic E-state index is 0.372. The number of methoxy groups -OCH3 is 1. The molecule has 1 atom stereocenters. The van der Waals surface area contributed by atoms with Gasteiger partial charge < -0.3 is 15.1 Å².